The fourth-order valence-electron chi connectivity index (χ4n) is 2.36. The molecule has 3 aromatic rings. The van der Waals surface area contributed by atoms with Crippen LogP contribution in [0.3, 0.4) is 0 Å². The normalized spacial score (nSPS) is 12.0. The molecule has 0 fully saturated rings. The second-order valence-electron chi connectivity index (χ2n) is 6.53. The lowest BCUT2D eigenvalue weighted by Crippen LogP contribution is -2.22. The molecule has 28 heavy (non-hydrogen) atoms. The molecule has 0 radical (unpaired) electrons. The van der Waals surface area contributed by atoms with Crippen molar-refractivity contribution in [2.75, 3.05) is 10.6 Å². The predicted octanol–water partition coefficient (Wildman–Crippen LogP) is 5.66. The molecule has 1 atom stereocenters. The van der Waals surface area contributed by atoms with Gasteiger partial charge in [-0.05, 0) is 54.8 Å². The molecule has 2 aromatic carbocycles. The van der Waals surface area contributed by atoms with Crippen LogP contribution in [0, 0.1) is 5.82 Å². The van der Waals surface area contributed by atoms with Crippen molar-refractivity contribution in [3.05, 3.63) is 59.9 Å². The first-order valence-corrected chi connectivity index (χ1v) is 10.5. The maximum atomic E-state index is 12.9. The maximum Gasteiger partial charge on any atom is 0.237 e. The van der Waals surface area contributed by atoms with Gasteiger partial charge in [0.1, 0.15) is 5.82 Å². The first-order chi connectivity index (χ1) is 13.4. The zero-order valence-corrected chi connectivity index (χ0v) is 17.4. The standard InChI is InChI=1S/C20H21FN4OS2/c1-12(2)14-4-8-17(9-5-14)23-19-24-25-20(28-19)27-13(3)18(26)22-16-10-6-15(21)7-11-16/h4-13H,1-3H3,(H,22,26)(H,23,24)/t13-/m0/s1. The number of amides is 1. The Kier molecular flexibility index (Phi) is 6.64. The minimum Gasteiger partial charge on any atom is -0.330 e. The van der Waals surface area contributed by atoms with Gasteiger partial charge in [0.15, 0.2) is 4.34 Å². The highest BCUT2D eigenvalue weighted by Crippen LogP contribution is 2.31. The summed E-state index contributed by atoms with van der Waals surface area (Å²) in [5, 5.41) is 14.6. The zero-order valence-electron chi connectivity index (χ0n) is 15.8. The summed E-state index contributed by atoms with van der Waals surface area (Å²) in [5.41, 5.74) is 2.78. The number of anilines is 3. The van der Waals surface area contributed by atoms with E-state index in [1.807, 2.05) is 12.1 Å². The Morgan fingerprint density at radius 2 is 1.64 bits per heavy atom. The zero-order chi connectivity index (χ0) is 20.1. The molecule has 1 amide bonds. The van der Waals surface area contributed by atoms with Crippen molar-refractivity contribution >= 4 is 45.5 Å². The Bertz CT molecular complexity index is 926. The summed E-state index contributed by atoms with van der Waals surface area (Å²) in [7, 11) is 0. The Labute approximate surface area is 171 Å². The van der Waals surface area contributed by atoms with Crippen molar-refractivity contribution in [3.8, 4) is 0 Å². The number of halogens is 1. The minimum atomic E-state index is -0.365. The molecule has 5 nitrogen and oxygen atoms in total. The summed E-state index contributed by atoms with van der Waals surface area (Å²) < 4.78 is 13.6. The van der Waals surface area contributed by atoms with Crippen molar-refractivity contribution in [3.63, 3.8) is 0 Å². The highest BCUT2D eigenvalue weighted by atomic mass is 32.2. The molecule has 3 rings (SSSR count). The maximum absolute atomic E-state index is 12.9. The second kappa shape index (κ2) is 9.16. The van der Waals surface area contributed by atoms with E-state index in [0.717, 1.165) is 5.69 Å². The first kappa shape index (κ1) is 20.3. The van der Waals surface area contributed by atoms with Crippen LogP contribution in [0.5, 0.6) is 0 Å². The summed E-state index contributed by atoms with van der Waals surface area (Å²) in [6.45, 7) is 6.11. The molecule has 1 aromatic heterocycles. The van der Waals surface area contributed by atoms with Crippen LogP contribution in [0.1, 0.15) is 32.3 Å². The van der Waals surface area contributed by atoms with Crippen LogP contribution in [-0.4, -0.2) is 21.4 Å². The number of rotatable bonds is 7. The molecule has 0 saturated heterocycles. The van der Waals surface area contributed by atoms with Gasteiger partial charge in [-0.15, -0.1) is 10.2 Å². The van der Waals surface area contributed by atoms with Gasteiger partial charge >= 0.3 is 0 Å². The van der Waals surface area contributed by atoms with E-state index in [0.29, 0.717) is 21.1 Å². The average Bonchev–Trinajstić information content (AvgIpc) is 3.10. The van der Waals surface area contributed by atoms with Gasteiger partial charge in [-0.3, -0.25) is 4.79 Å². The lowest BCUT2D eigenvalue weighted by molar-refractivity contribution is -0.115. The number of hydrogen-bond donors (Lipinski definition) is 2. The van der Waals surface area contributed by atoms with Gasteiger partial charge < -0.3 is 10.6 Å². The highest BCUT2D eigenvalue weighted by Gasteiger charge is 2.17. The van der Waals surface area contributed by atoms with E-state index < -0.39 is 0 Å². The molecular formula is C20H21FN4OS2. The van der Waals surface area contributed by atoms with Gasteiger partial charge in [0, 0.05) is 11.4 Å². The van der Waals surface area contributed by atoms with Gasteiger partial charge in [0.05, 0.1) is 5.25 Å². The quantitative estimate of drug-likeness (QED) is 0.486. The Balaban J connectivity index is 1.55. The van der Waals surface area contributed by atoms with Crippen LogP contribution >= 0.6 is 23.1 Å². The lowest BCUT2D eigenvalue weighted by Gasteiger charge is -2.10. The van der Waals surface area contributed by atoms with Gasteiger partial charge in [-0.1, -0.05) is 49.1 Å². The minimum absolute atomic E-state index is 0.175. The number of carbonyl (C=O) groups is 1. The number of benzene rings is 2. The van der Waals surface area contributed by atoms with E-state index in [4.69, 9.17) is 0 Å². The monoisotopic (exact) mass is 416 g/mol. The van der Waals surface area contributed by atoms with Crippen LogP contribution < -0.4 is 10.6 Å². The second-order valence-corrected chi connectivity index (χ2v) is 9.10. The Morgan fingerprint density at radius 1 is 1.00 bits per heavy atom. The molecule has 0 aliphatic carbocycles. The molecule has 0 aliphatic rings. The van der Waals surface area contributed by atoms with Gasteiger partial charge in [-0.2, -0.15) is 0 Å². The molecule has 0 spiro atoms. The number of thioether (sulfide) groups is 1. The third-order valence-electron chi connectivity index (χ3n) is 3.99. The molecule has 0 saturated carbocycles. The fraction of sp³-hybridized carbons (Fsp3) is 0.250. The summed E-state index contributed by atoms with van der Waals surface area (Å²) in [6.07, 6.45) is 0. The van der Waals surface area contributed by atoms with Gasteiger partial charge in [0.2, 0.25) is 11.0 Å². The topological polar surface area (TPSA) is 66.9 Å². The van der Waals surface area contributed by atoms with Crippen molar-refractivity contribution in [2.45, 2.75) is 36.3 Å². The third kappa shape index (κ3) is 5.53. The van der Waals surface area contributed by atoms with Crippen molar-refractivity contribution < 1.29 is 9.18 Å². The van der Waals surface area contributed by atoms with Crippen molar-refractivity contribution in [2.24, 2.45) is 0 Å². The van der Waals surface area contributed by atoms with Crippen LogP contribution in [0.2, 0.25) is 0 Å². The first-order valence-electron chi connectivity index (χ1n) is 8.84. The van der Waals surface area contributed by atoms with E-state index in [9.17, 15) is 9.18 Å². The summed E-state index contributed by atoms with van der Waals surface area (Å²) in [5.74, 6) is -0.0279. The van der Waals surface area contributed by atoms with Gasteiger partial charge in [-0.25, -0.2) is 4.39 Å². The third-order valence-corrected chi connectivity index (χ3v) is 6.02. The molecule has 146 valence electrons. The van der Waals surface area contributed by atoms with Crippen molar-refractivity contribution in [1.29, 1.82) is 0 Å². The SMILES string of the molecule is CC(C)c1ccc(Nc2nnc(S[C@@H](C)C(=O)Nc3ccc(F)cc3)s2)cc1. The summed E-state index contributed by atoms with van der Waals surface area (Å²) >= 11 is 2.72. The van der Waals surface area contributed by atoms with Crippen LogP contribution in [0.4, 0.5) is 20.9 Å². The van der Waals surface area contributed by atoms with Gasteiger partial charge in [0.25, 0.3) is 0 Å². The van der Waals surface area contributed by atoms with E-state index >= 15 is 0 Å². The number of carbonyl (C=O) groups excluding carboxylic acids is 1. The van der Waals surface area contributed by atoms with Crippen molar-refractivity contribution in [1.82, 2.24) is 10.2 Å². The van der Waals surface area contributed by atoms with E-state index in [1.54, 1.807) is 6.92 Å². The summed E-state index contributed by atoms with van der Waals surface area (Å²) in [4.78, 5) is 12.3. The number of nitrogens with zero attached hydrogens (tertiary/aromatic N) is 2. The molecule has 0 aliphatic heterocycles. The smallest absolute Gasteiger partial charge is 0.237 e. The van der Waals surface area contributed by atoms with Crippen LogP contribution in [0.25, 0.3) is 0 Å². The Morgan fingerprint density at radius 3 is 2.29 bits per heavy atom. The Hall–Kier alpha value is -2.45. The molecule has 8 heteroatoms. The fourth-order valence-corrected chi connectivity index (χ4v) is 4.28. The average molecular weight is 417 g/mol. The highest BCUT2D eigenvalue weighted by molar-refractivity contribution is 8.02. The number of nitrogens with one attached hydrogen (secondary N) is 2. The van der Waals surface area contributed by atoms with Crippen LogP contribution in [-0.2, 0) is 4.79 Å². The molecule has 1 heterocycles. The molecule has 0 unspecified atom stereocenters. The molecule has 2 N–H and O–H groups in total. The van der Waals surface area contributed by atoms with Crippen LogP contribution in [0.15, 0.2) is 52.9 Å². The summed E-state index contributed by atoms with van der Waals surface area (Å²) in [6, 6.07) is 13.9. The predicted molar refractivity (Wildman–Crippen MR) is 114 cm³/mol. The largest absolute Gasteiger partial charge is 0.330 e. The van der Waals surface area contributed by atoms with E-state index in [-0.39, 0.29) is 17.0 Å². The number of aromatic nitrogens is 2. The lowest BCUT2D eigenvalue weighted by atomic mass is 10.0. The molecule has 0 bridgehead atoms. The van der Waals surface area contributed by atoms with E-state index in [1.165, 1.54) is 52.9 Å². The van der Waals surface area contributed by atoms with E-state index in [2.05, 4.69) is 46.8 Å². The molecular weight excluding hydrogens is 395 g/mol. The number of hydrogen-bond acceptors (Lipinski definition) is 6.